The SMILES string of the molecule is Cc1ccc(S(=O)(=O)OC[C@H](C)[C@H]2CC[C@H]3/C(=C/C=C4C[C@@H](O)C[C@H](O)C4)CCC[C@]23C)cc1. The zero-order chi connectivity index (χ0) is 24.5. The van der Waals surface area contributed by atoms with E-state index in [0.29, 0.717) is 31.1 Å². The van der Waals surface area contributed by atoms with Crippen LogP contribution in [0.2, 0.25) is 0 Å². The van der Waals surface area contributed by atoms with Crippen LogP contribution in [0.25, 0.3) is 0 Å². The smallest absolute Gasteiger partial charge is 0.296 e. The number of hydrogen-bond acceptors (Lipinski definition) is 5. The van der Waals surface area contributed by atoms with Gasteiger partial charge in [0, 0.05) is 0 Å². The van der Waals surface area contributed by atoms with Crippen molar-refractivity contribution in [3.8, 4) is 0 Å². The van der Waals surface area contributed by atoms with Crippen molar-refractivity contribution in [3.05, 3.63) is 53.1 Å². The highest BCUT2D eigenvalue weighted by molar-refractivity contribution is 7.86. The van der Waals surface area contributed by atoms with Crippen LogP contribution in [-0.2, 0) is 14.3 Å². The van der Waals surface area contributed by atoms with E-state index in [1.54, 1.807) is 24.3 Å². The number of aliphatic hydroxyl groups is 2. The average Bonchev–Trinajstić information content (AvgIpc) is 3.13. The highest BCUT2D eigenvalue weighted by atomic mass is 32.2. The predicted molar refractivity (Wildman–Crippen MR) is 134 cm³/mol. The van der Waals surface area contributed by atoms with Gasteiger partial charge in [-0.05, 0) is 93.6 Å². The molecule has 3 fully saturated rings. The summed E-state index contributed by atoms with van der Waals surface area (Å²) in [6.45, 7) is 6.66. The number of aliphatic hydroxyl groups excluding tert-OH is 2. The van der Waals surface area contributed by atoms with E-state index in [1.807, 2.05) is 6.92 Å². The van der Waals surface area contributed by atoms with Gasteiger partial charge >= 0.3 is 0 Å². The largest absolute Gasteiger partial charge is 0.393 e. The Kier molecular flexibility index (Phi) is 7.73. The normalized spacial score (nSPS) is 34.1. The minimum Gasteiger partial charge on any atom is -0.393 e. The highest BCUT2D eigenvalue weighted by Gasteiger charge is 2.50. The summed E-state index contributed by atoms with van der Waals surface area (Å²) < 4.78 is 30.9. The second-order valence-corrected chi connectivity index (χ2v) is 12.8. The van der Waals surface area contributed by atoms with E-state index in [4.69, 9.17) is 4.18 Å². The van der Waals surface area contributed by atoms with Crippen molar-refractivity contribution in [2.75, 3.05) is 6.61 Å². The van der Waals surface area contributed by atoms with Crippen molar-refractivity contribution in [1.29, 1.82) is 0 Å². The zero-order valence-electron chi connectivity index (χ0n) is 20.7. The summed E-state index contributed by atoms with van der Waals surface area (Å²) in [6, 6.07) is 6.81. The molecular formula is C28H40O5S. The standard InChI is InChI=1S/C28H40O5S/c1-19-6-10-25(11-7-19)34(31,32)33-18-20(2)26-12-13-27-22(5-4-14-28(26,27)3)9-8-21-15-23(29)17-24(30)16-21/h6-11,20,23-24,26-27,29-30H,4-5,12-18H2,1-3H3/b22-9+/t20-,23+,24+,26+,27-,28+/m0/s1. The number of allylic oxidation sites excluding steroid dienone is 3. The first-order valence-electron chi connectivity index (χ1n) is 12.8. The molecule has 2 N–H and O–H groups in total. The van der Waals surface area contributed by atoms with E-state index in [2.05, 4.69) is 26.0 Å². The van der Waals surface area contributed by atoms with Crippen molar-refractivity contribution in [3.63, 3.8) is 0 Å². The highest BCUT2D eigenvalue weighted by Crippen LogP contribution is 2.59. The summed E-state index contributed by atoms with van der Waals surface area (Å²) in [5, 5.41) is 20.0. The Balaban J connectivity index is 1.43. The van der Waals surface area contributed by atoms with Crippen LogP contribution in [-0.4, -0.2) is 37.4 Å². The number of fused-ring (bicyclic) bond motifs is 1. The monoisotopic (exact) mass is 488 g/mol. The maximum atomic E-state index is 12.7. The molecule has 1 aromatic carbocycles. The van der Waals surface area contributed by atoms with Gasteiger partial charge in [0.1, 0.15) is 0 Å². The molecule has 0 heterocycles. The molecule has 188 valence electrons. The van der Waals surface area contributed by atoms with Gasteiger partial charge in [-0.1, -0.05) is 54.8 Å². The summed E-state index contributed by atoms with van der Waals surface area (Å²) >= 11 is 0. The van der Waals surface area contributed by atoms with Crippen LogP contribution in [0.3, 0.4) is 0 Å². The fourth-order valence-corrected chi connectivity index (χ4v) is 7.83. The van der Waals surface area contributed by atoms with Crippen LogP contribution in [0.15, 0.2) is 52.5 Å². The second-order valence-electron chi connectivity index (χ2n) is 11.1. The molecule has 0 saturated heterocycles. The summed E-state index contributed by atoms with van der Waals surface area (Å²) in [7, 11) is -3.75. The van der Waals surface area contributed by atoms with Gasteiger partial charge in [-0.2, -0.15) is 8.42 Å². The van der Waals surface area contributed by atoms with Crippen molar-refractivity contribution in [2.45, 2.75) is 89.2 Å². The van der Waals surface area contributed by atoms with Crippen LogP contribution in [0, 0.1) is 30.1 Å². The van der Waals surface area contributed by atoms with Crippen molar-refractivity contribution < 1.29 is 22.8 Å². The van der Waals surface area contributed by atoms with E-state index in [-0.39, 0.29) is 22.8 Å². The third kappa shape index (κ3) is 5.51. The number of rotatable bonds is 6. The molecule has 0 spiro atoms. The maximum Gasteiger partial charge on any atom is 0.296 e. The number of hydrogen-bond donors (Lipinski definition) is 2. The molecule has 3 aliphatic rings. The third-order valence-electron chi connectivity index (χ3n) is 8.59. The van der Waals surface area contributed by atoms with Crippen molar-refractivity contribution in [2.24, 2.45) is 23.2 Å². The summed E-state index contributed by atoms with van der Waals surface area (Å²) in [5.41, 5.74) is 3.76. The second kappa shape index (κ2) is 10.3. The maximum absolute atomic E-state index is 12.7. The summed E-state index contributed by atoms with van der Waals surface area (Å²) in [4.78, 5) is 0.217. The lowest BCUT2D eigenvalue weighted by Gasteiger charge is -2.44. The van der Waals surface area contributed by atoms with Gasteiger partial charge in [0.2, 0.25) is 0 Å². The van der Waals surface area contributed by atoms with Gasteiger partial charge in [-0.25, -0.2) is 0 Å². The number of aryl methyl sites for hydroxylation is 1. The molecule has 0 aliphatic heterocycles. The van der Waals surface area contributed by atoms with Gasteiger partial charge in [0.05, 0.1) is 23.7 Å². The molecule has 1 aromatic rings. The lowest BCUT2D eigenvalue weighted by molar-refractivity contribution is 0.0609. The Morgan fingerprint density at radius 2 is 1.79 bits per heavy atom. The van der Waals surface area contributed by atoms with Crippen LogP contribution in [0.1, 0.15) is 70.8 Å². The molecule has 0 unspecified atom stereocenters. The molecule has 0 bridgehead atoms. The Morgan fingerprint density at radius 1 is 1.12 bits per heavy atom. The quantitative estimate of drug-likeness (QED) is 0.530. The fraction of sp³-hybridized carbons (Fsp3) is 0.643. The lowest BCUT2D eigenvalue weighted by atomic mass is 9.61. The van der Waals surface area contributed by atoms with E-state index < -0.39 is 22.3 Å². The molecule has 0 radical (unpaired) electrons. The van der Waals surface area contributed by atoms with E-state index >= 15 is 0 Å². The van der Waals surface area contributed by atoms with Gasteiger partial charge in [0.15, 0.2) is 0 Å². The van der Waals surface area contributed by atoms with E-state index in [9.17, 15) is 18.6 Å². The van der Waals surface area contributed by atoms with Crippen molar-refractivity contribution in [1.82, 2.24) is 0 Å². The van der Waals surface area contributed by atoms with Crippen LogP contribution in [0.5, 0.6) is 0 Å². The first-order chi connectivity index (χ1) is 16.1. The fourth-order valence-electron chi connectivity index (χ4n) is 6.83. The predicted octanol–water partition coefficient (Wildman–Crippen LogP) is 5.31. The van der Waals surface area contributed by atoms with Crippen LogP contribution >= 0.6 is 0 Å². The summed E-state index contributed by atoms with van der Waals surface area (Å²) in [6.07, 6.45) is 10.9. The molecule has 5 nitrogen and oxygen atoms in total. The molecular weight excluding hydrogens is 448 g/mol. The minimum atomic E-state index is -3.75. The first kappa shape index (κ1) is 25.6. The van der Waals surface area contributed by atoms with Crippen LogP contribution in [0.4, 0.5) is 0 Å². The zero-order valence-corrected chi connectivity index (χ0v) is 21.6. The molecule has 3 saturated carbocycles. The molecule has 4 rings (SSSR count). The molecule has 0 aromatic heterocycles. The van der Waals surface area contributed by atoms with Crippen molar-refractivity contribution >= 4 is 10.1 Å². The Bertz CT molecular complexity index is 1010. The Labute approximate surface area is 205 Å². The lowest BCUT2D eigenvalue weighted by Crippen LogP contribution is -2.37. The van der Waals surface area contributed by atoms with Gasteiger partial charge in [0.25, 0.3) is 10.1 Å². The average molecular weight is 489 g/mol. The third-order valence-corrected chi connectivity index (χ3v) is 9.89. The minimum absolute atomic E-state index is 0.143. The van der Waals surface area contributed by atoms with E-state index in [0.717, 1.165) is 43.2 Å². The molecule has 3 aliphatic carbocycles. The van der Waals surface area contributed by atoms with Gasteiger partial charge < -0.3 is 10.2 Å². The molecule has 6 heteroatoms. The Hall–Kier alpha value is -1.47. The first-order valence-corrected chi connectivity index (χ1v) is 14.2. The van der Waals surface area contributed by atoms with E-state index in [1.165, 1.54) is 5.57 Å². The van der Waals surface area contributed by atoms with Gasteiger partial charge in [-0.3, -0.25) is 4.18 Å². The Morgan fingerprint density at radius 3 is 2.47 bits per heavy atom. The summed E-state index contributed by atoms with van der Waals surface area (Å²) in [5.74, 6) is 1.06. The molecule has 34 heavy (non-hydrogen) atoms. The molecule has 6 atom stereocenters. The molecule has 0 amide bonds. The van der Waals surface area contributed by atoms with Gasteiger partial charge in [-0.15, -0.1) is 0 Å². The van der Waals surface area contributed by atoms with Crippen LogP contribution < -0.4 is 0 Å². The number of benzene rings is 1. The topological polar surface area (TPSA) is 83.8 Å².